The van der Waals surface area contributed by atoms with E-state index in [1.807, 2.05) is 13.8 Å². The predicted molar refractivity (Wildman–Crippen MR) is 78.6 cm³/mol. The lowest BCUT2D eigenvalue weighted by molar-refractivity contribution is 0.0683. The molecule has 0 spiro atoms. The maximum absolute atomic E-state index is 11.4. The number of halogens is 1. The van der Waals surface area contributed by atoms with Crippen LogP contribution < -0.4 is 10.5 Å². The zero-order valence-electron chi connectivity index (χ0n) is 12.2. The Labute approximate surface area is 132 Å². The highest BCUT2D eigenvalue weighted by atomic mass is 35.5. The topological polar surface area (TPSA) is 100 Å². The second kappa shape index (κ2) is 7.24. The van der Waals surface area contributed by atoms with Crippen molar-refractivity contribution < 1.29 is 18.8 Å². The number of benzene rings is 1. The van der Waals surface area contributed by atoms with Crippen molar-refractivity contribution in [1.82, 2.24) is 10.1 Å². The number of rotatable bonds is 7. The molecule has 0 saturated heterocycles. The van der Waals surface area contributed by atoms with E-state index >= 15 is 0 Å². The van der Waals surface area contributed by atoms with Crippen LogP contribution in [0.25, 0.3) is 0 Å². The zero-order valence-corrected chi connectivity index (χ0v) is 13.0. The SMILES string of the molecule is CCOC(C)c1noc(COc2ccc(Cl)cc2C(N)=O)n1. The first kappa shape index (κ1) is 16.3. The average molecular weight is 326 g/mol. The van der Waals surface area contributed by atoms with Crippen molar-refractivity contribution >= 4 is 17.5 Å². The number of aromatic nitrogens is 2. The molecule has 0 aliphatic carbocycles. The summed E-state index contributed by atoms with van der Waals surface area (Å²) in [5, 5.41) is 4.21. The number of ether oxygens (including phenoxy) is 2. The van der Waals surface area contributed by atoms with Gasteiger partial charge in [0.15, 0.2) is 12.4 Å². The molecule has 2 aromatic rings. The van der Waals surface area contributed by atoms with Crippen molar-refractivity contribution in [1.29, 1.82) is 0 Å². The van der Waals surface area contributed by atoms with Crippen LogP contribution in [0.15, 0.2) is 22.7 Å². The number of nitrogens with two attached hydrogens (primary N) is 1. The second-order valence-electron chi connectivity index (χ2n) is 4.44. The number of nitrogens with zero attached hydrogens (tertiary/aromatic N) is 2. The smallest absolute Gasteiger partial charge is 0.264 e. The molecule has 2 rings (SSSR count). The third-order valence-corrected chi connectivity index (χ3v) is 3.06. The van der Waals surface area contributed by atoms with Crippen LogP contribution in [0, 0.1) is 0 Å². The summed E-state index contributed by atoms with van der Waals surface area (Å²) in [6, 6.07) is 4.60. The van der Waals surface area contributed by atoms with Gasteiger partial charge in [0.2, 0.25) is 0 Å². The Morgan fingerprint density at radius 2 is 2.27 bits per heavy atom. The minimum atomic E-state index is -0.631. The Kier molecular flexibility index (Phi) is 5.35. The van der Waals surface area contributed by atoms with E-state index in [4.69, 9.17) is 31.3 Å². The minimum absolute atomic E-state index is 0.00770. The summed E-state index contributed by atoms with van der Waals surface area (Å²) in [5.41, 5.74) is 5.47. The Balaban J connectivity index is 2.06. The minimum Gasteiger partial charge on any atom is -0.483 e. The van der Waals surface area contributed by atoms with Crippen LogP contribution in [0.1, 0.15) is 42.0 Å². The van der Waals surface area contributed by atoms with Crippen molar-refractivity contribution in [2.24, 2.45) is 5.73 Å². The number of carbonyl (C=O) groups excluding carboxylic acids is 1. The zero-order chi connectivity index (χ0) is 16.1. The molecule has 1 amide bonds. The van der Waals surface area contributed by atoms with Gasteiger partial charge in [-0.3, -0.25) is 4.79 Å². The van der Waals surface area contributed by atoms with E-state index in [0.29, 0.717) is 23.2 Å². The highest BCUT2D eigenvalue weighted by molar-refractivity contribution is 6.31. The molecule has 1 atom stereocenters. The molecule has 0 saturated carbocycles. The monoisotopic (exact) mass is 325 g/mol. The first-order valence-electron chi connectivity index (χ1n) is 6.67. The number of primary amides is 1. The average Bonchev–Trinajstić information content (AvgIpc) is 2.95. The fraction of sp³-hybridized carbons (Fsp3) is 0.357. The number of hydrogen-bond donors (Lipinski definition) is 1. The van der Waals surface area contributed by atoms with Crippen LogP contribution in [0.4, 0.5) is 0 Å². The quantitative estimate of drug-likeness (QED) is 0.839. The Morgan fingerprint density at radius 3 is 2.95 bits per heavy atom. The van der Waals surface area contributed by atoms with Crippen molar-refractivity contribution in [2.45, 2.75) is 26.6 Å². The molecule has 1 aromatic carbocycles. The van der Waals surface area contributed by atoms with Gasteiger partial charge in [-0.2, -0.15) is 4.98 Å². The van der Waals surface area contributed by atoms with Crippen LogP contribution >= 0.6 is 11.6 Å². The van der Waals surface area contributed by atoms with Gasteiger partial charge < -0.3 is 19.7 Å². The summed E-state index contributed by atoms with van der Waals surface area (Å²) in [7, 11) is 0. The first-order chi connectivity index (χ1) is 10.5. The van der Waals surface area contributed by atoms with Crippen LogP contribution in [-0.2, 0) is 11.3 Å². The van der Waals surface area contributed by atoms with Crippen molar-refractivity contribution in [3.05, 3.63) is 40.5 Å². The third-order valence-electron chi connectivity index (χ3n) is 2.82. The molecule has 7 nitrogen and oxygen atoms in total. The highest BCUT2D eigenvalue weighted by Crippen LogP contribution is 2.23. The summed E-state index contributed by atoms with van der Waals surface area (Å²) in [6.45, 7) is 4.26. The molecule has 0 radical (unpaired) electrons. The molecule has 1 aromatic heterocycles. The maximum atomic E-state index is 11.4. The lowest BCUT2D eigenvalue weighted by Crippen LogP contribution is -2.13. The predicted octanol–water partition coefficient (Wildman–Crippen LogP) is 2.50. The van der Waals surface area contributed by atoms with E-state index < -0.39 is 5.91 Å². The normalized spacial score (nSPS) is 12.1. The van der Waals surface area contributed by atoms with E-state index in [1.54, 1.807) is 12.1 Å². The van der Waals surface area contributed by atoms with Crippen LogP contribution in [0.2, 0.25) is 5.02 Å². The van der Waals surface area contributed by atoms with Crippen molar-refractivity contribution in [3.63, 3.8) is 0 Å². The fourth-order valence-electron chi connectivity index (χ4n) is 1.78. The van der Waals surface area contributed by atoms with Gasteiger partial charge in [-0.25, -0.2) is 0 Å². The first-order valence-corrected chi connectivity index (χ1v) is 7.05. The van der Waals surface area contributed by atoms with Gasteiger partial charge in [-0.05, 0) is 32.0 Å². The van der Waals surface area contributed by atoms with Crippen molar-refractivity contribution in [2.75, 3.05) is 6.61 Å². The summed E-state index contributed by atoms with van der Waals surface area (Å²) in [5.74, 6) is 0.377. The summed E-state index contributed by atoms with van der Waals surface area (Å²) in [6.07, 6.45) is -0.265. The van der Waals surface area contributed by atoms with Crippen LogP contribution in [0.3, 0.4) is 0 Å². The molecule has 118 valence electrons. The van der Waals surface area contributed by atoms with Crippen molar-refractivity contribution in [3.8, 4) is 5.75 Å². The van der Waals surface area contributed by atoms with E-state index in [-0.39, 0.29) is 24.2 Å². The number of amides is 1. The van der Waals surface area contributed by atoms with Gasteiger partial charge in [0.1, 0.15) is 11.9 Å². The van der Waals surface area contributed by atoms with E-state index in [1.165, 1.54) is 6.07 Å². The molecular formula is C14H16ClN3O4. The molecule has 8 heteroatoms. The van der Waals surface area contributed by atoms with E-state index in [0.717, 1.165) is 0 Å². The summed E-state index contributed by atoms with van der Waals surface area (Å²) < 4.78 is 15.9. The molecule has 1 heterocycles. The molecular weight excluding hydrogens is 310 g/mol. The Morgan fingerprint density at radius 1 is 1.50 bits per heavy atom. The molecule has 0 fully saturated rings. The lowest BCUT2D eigenvalue weighted by atomic mass is 10.2. The molecule has 0 bridgehead atoms. The fourth-order valence-corrected chi connectivity index (χ4v) is 1.95. The summed E-state index contributed by atoms with van der Waals surface area (Å²) >= 11 is 5.83. The summed E-state index contributed by atoms with van der Waals surface area (Å²) in [4.78, 5) is 15.5. The number of hydrogen-bond acceptors (Lipinski definition) is 6. The highest BCUT2D eigenvalue weighted by Gasteiger charge is 2.15. The van der Waals surface area contributed by atoms with Gasteiger partial charge in [-0.15, -0.1) is 0 Å². The van der Waals surface area contributed by atoms with Crippen LogP contribution in [0.5, 0.6) is 5.75 Å². The Hall–Kier alpha value is -2.12. The largest absolute Gasteiger partial charge is 0.483 e. The van der Waals surface area contributed by atoms with Crippen LogP contribution in [-0.4, -0.2) is 22.7 Å². The van der Waals surface area contributed by atoms with Gasteiger partial charge >= 0.3 is 0 Å². The van der Waals surface area contributed by atoms with Gasteiger partial charge in [0, 0.05) is 11.6 Å². The number of carbonyl (C=O) groups is 1. The standard InChI is InChI=1S/C14H16ClN3O4/c1-3-20-8(2)14-17-12(22-18-14)7-21-11-5-4-9(15)6-10(11)13(16)19/h4-6,8H,3,7H2,1-2H3,(H2,16,19). The molecule has 0 aliphatic heterocycles. The molecule has 22 heavy (non-hydrogen) atoms. The lowest BCUT2D eigenvalue weighted by Gasteiger charge is -2.08. The maximum Gasteiger partial charge on any atom is 0.264 e. The third kappa shape index (κ3) is 3.96. The Bertz CT molecular complexity index is 659. The molecule has 2 N–H and O–H groups in total. The van der Waals surface area contributed by atoms with Gasteiger partial charge in [0.05, 0.1) is 5.56 Å². The second-order valence-corrected chi connectivity index (χ2v) is 4.87. The van der Waals surface area contributed by atoms with E-state index in [9.17, 15) is 4.79 Å². The molecule has 1 unspecified atom stereocenters. The van der Waals surface area contributed by atoms with E-state index in [2.05, 4.69) is 10.1 Å². The van der Waals surface area contributed by atoms with Gasteiger partial charge in [0.25, 0.3) is 11.8 Å². The molecule has 0 aliphatic rings. The van der Waals surface area contributed by atoms with Gasteiger partial charge in [-0.1, -0.05) is 16.8 Å².